The predicted molar refractivity (Wildman–Crippen MR) is 54.6 cm³/mol. The van der Waals surface area contributed by atoms with Crippen LogP contribution in [0.15, 0.2) is 12.1 Å². The Morgan fingerprint density at radius 1 is 1.29 bits per heavy atom. The van der Waals surface area contributed by atoms with Crippen LogP contribution in [0.2, 0.25) is 0 Å². The van der Waals surface area contributed by atoms with Crippen LogP contribution in [0.3, 0.4) is 0 Å². The van der Waals surface area contributed by atoms with E-state index in [0.717, 1.165) is 37.9 Å². The van der Waals surface area contributed by atoms with Crippen LogP contribution in [-0.4, -0.2) is 43.5 Å². The molecule has 0 unspecified atom stereocenters. The van der Waals surface area contributed by atoms with Crippen LogP contribution in [0.1, 0.15) is 0 Å². The van der Waals surface area contributed by atoms with Crippen molar-refractivity contribution in [3.63, 3.8) is 0 Å². The van der Waals surface area contributed by atoms with Gasteiger partial charge in [0.1, 0.15) is 5.82 Å². The minimum Gasteiger partial charge on any atom is -0.378 e. The van der Waals surface area contributed by atoms with E-state index >= 15 is 0 Å². The van der Waals surface area contributed by atoms with Gasteiger partial charge in [-0.25, -0.2) is 0 Å². The third-order valence-electron chi connectivity index (χ3n) is 2.24. The first-order valence-corrected chi connectivity index (χ1v) is 4.74. The zero-order chi connectivity index (χ0) is 9.80. The second-order valence-corrected chi connectivity index (χ2v) is 3.13. The molecular formula is C9H14N4O. The highest BCUT2D eigenvalue weighted by Crippen LogP contribution is 2.12. The van der Waals surface area contributed by atoms with Crippen molar-refractivity contribution in [2.45, 2.75) is 0 Å². The summed E-state index contributed by atoms with van der Waals surface area (Å²) >= 11 is 0. The van der Waals surface area contributed by atoms with E-state index in [-0.39, 0.29) is 0 Å². The van der Waals surface area contributed by atoms with Gasteiger partial charge in [0.25, 0.3) is 0 Å². The summed E-state index contributed by atoms with van der Waals surface area (Å²) in [6.07, 6.45) is 0. The highest BCUT2D eigenvalue weighted by molar-refractivity contribution is 5.43. The highest BCUT2D eigenvalue weighted by Gasteiger charge is 2.12. The van der Waals surface area contributed by atoms with Crippen LogP contribution in [0, 0.1) is 0 Å². The largest absolute Gasteiger partial charge is 0.378 e. The number of aromatic nitrogens is 2. The Hall–Kier alpha value is -1.36. The lowest BCUT2D eigenvalue weighted by Crippen LogP contribution is -2.36. The van der Waals surface area contributed by atoms with Crippen molar-refractivity contribution in [1.29, 1.82) is 0 Å². The summed E-state index contributed by atoms with van der Waals surface area (Å²) in [5.41, 5.74) is 0. The average Bonchev–Trinajstić information content (AvgIpc) is 2.30. The molecule has 1 aromatic rings. The second kappa shape index (κ2) is 4.23. The molecule has 5 heteroatoms. The molecule has 0 bridgehead atoms. The van der Waals surface area contributed by atoms with Crippen molar-refractivity contribution in [2.75, 3.05) is 43.6 Å². The molecule has 0 radical (unpaired) electrons. The molecule has 1 N–H and O–H groups in total. The van der Waals surface area contributed by atoms with Crippen molar-refractivity contribution >= 4 is 11.6 Å². The maximum absolute atomic E-state index is 5.26. The third kappa shape index (κ3) is 1.93. The first kappa shape index (κ1) is 9.21. The average molecular weight is 194 g/mol. The monoisotopic (exact) mass is 194 g/mol. The number of rotatable bonds is 2. The summed E-state index contributed by atoms with van der Waals surface area (Å²) in [5, 5.41) is 11.1. The normalized spacial score (nSPS) is 16.8. The van der Waals surface area contributed by atoms with E-state index in [1.807, 2.05) is 19.2 Å². The molecule has 0 spiro atoms. The molecule has 76 valence electrons. The molecular weight excluding hydrogens is 180 g/mol. The fourth-order valence-corrected chi connectivity index (χ4v) is 1.42. The van der Waals surface area contributed by atoms with Crippen LogP contribution in [0.25, 0.3) is 0 Å². The maximum atomic E-state index is 5.26. The Bertz CT molecular complexity index is 281. The van der Waals surface area contributed by atoms with Gasteiger partial charge >= 0.3 is 0 Å². The van der Waals surface area contributed by atoms with Gasteiger partial charge in [-0.05, 0) is 12.1 Å². The van der Waals surface area contributed by atoms with E-state index in [2.05, 4.69) is 20.4 Å². The number of nitrogens with one attached hydrogen (secondary N) is 1. The Morgan fingerprint density at radius 2 is 2.07 bits per heavy atom. The number of ether oxygens (including phenoxy) is 1. The fourth-order valence-electron chi connectivity index (χ4n) is 1.42. The first-order valence-electron chi connectivity index (χ1n) is 4.74. The van der Waals surface area contributed by atoms with Crippen LogP contribution in [0.5, 0.6) is 0 Å². The van der Waals surface area contributed by atoms with Crippen molar-refractivity contribution in [3.8, 4) is 0 Å². The minimum atomic E-state index is 0.773. The van der Waals surface area contributed by atoms with Crippen LogP contribution in [-0.2, 0) is 4.74 Å². The Labute approximate surface area is 83.1 Å². The molecule has 0 amide bonds. The van der Waals surface area contributed by atoms with Gasteiger partial charge in [-0.2, -0.15) is 0 Å². The lowest BCUT2D eigenvalue weighted by molar-refractivity contribution is 0.122. The number of anilines is 2. The van der Waals surface area contributed by atoms with Gasteiger partial charge in [-0.3, -0.25) is 0 Å². The van der Waals surface area contributed by atoms with Crippen LogP contribution in [0.4, 0.5) is 11.6 Å². The SMILES string of the molecule is CNc1ccc(N2CCOCC2)nn1. The Morgan fingerprint density at radius 3 is 2.64 bits per heavy atom. The number of nitrogens with zero attached hydrogens (tertiary/aromatic N) is 3. The highest BCUT2D eigenvalue weighted by atomic mass is 16.5. The maximum Gasteiger partial charge on any atom is 0.151 e. The zero-order valence-electron chi connectivity index (χ0n) is 8.23. The van der Waals surface area contributed by atoms with Crippen molar-refractivity contribution in [2.24, 2.45) is 0 Å². The quantitative estimate of drug-likeness (QED) is 0.736. The minimum absolute atomic E-state index is 0.773. The van der Waals surface area contributed by atoms with Gasteiger partial charge in [-0.15, -0.1) is 10.2 Å². The Kier molecular flexibility index (Phi) is 2.78. The molecule has 1 fully saturated rings. The van der Waals surface area contributed by atoms with Gasteiger partial charge in [0, 0.05) is 20.1 Å². The first-order chi connectivity index (χ1) is 6.90. The van der Waals surface area contributed by atoms with Crippen molar-refractivity contribution < 1.29 is 4.74 Å². The molecule has 1 aliphatic rings. The molecule has 2 rings (SSSR count). The molecule has 14 heavy (non-hydrogen) atoms. The molecule has 2 heterocycles. The summed E-state index contributed by atoms with van der Waals surface area (Å²) in [6.45, 7) is 3.34. The smallest absolute Gasteiger partial charge is 0.151 e. The molecule has 0 atom stereocenters. The van der Waals surface area contributed by atoms with Gasteiger partial charge in [0.2, 0.25) is 0 Å². The second-order valence-electron chi connectivity index (χ2n) is 3.13. The summed E-state index contributed by atoms with van der Waals surface area (Å²) in [5.74, 6) is 1.72. The molecule has 0 aliphatic carbocycles. The van der Waals surface area contributed by atoms with Crippen molar-refractivity contribution in [1.82, 2.24) is 10.2 Å². The summed E-state index contributed by atoms with van der Waals surface area (Å²) in [7, 11) is 1.83. The van der Waals surface area contributed by atoms with Gasteiger partial charge in [0.05, 0.1) is 13.2 Å². The number of hydrogen-bond acceptors (Lipinski definition) is 5. The molecule has 0 aromatic carbocycles. The van der Waals surface area contributed by atoms with E-state index in [9.17, 15) is 0 Å². The number of hydrogen-bond donors (Lipinski definition) is 1. The van der Waals surface area contributed by atoms with E-state index in [1.165, 1.54) is 0 Å². The summed E-state index contributed by atoms with van der Waals surface area (Å²) in [6, 6.07) is 3.90. The molecule has 5 nitrogen and oxygen atoms in total. The lowest BCUT2D eigenvalue weighted by atomic mass is 10.4. The zero-order valence-corrected chi connectivity index (χ0v) is 8.23. The molecule has 0 saturated carbocycles. The topological polar surface area (TPSA) is 50.3 Å². The van der Waals surface area contributed by atoms with Gasteiger partial charge < -0.3 is 15.0 Å². The van der Waals surface area contributed by atoms with E-state index in [0.29, 0.717) is 0 Å². The predicted octanol–water partition coefficient (Wildman–Crippen LogP) is 0.355. The molecule has 1 saturated heterocycles. The van der Waals surface area contributed by atoms with Gasteiger partial charge in [0.15, 0.2) is 5.82 Å². The lowest BCUT2D eigenvalue weighted by Gasteiger charge is -2.27. The summed E-state index contributed by atoms with van der Waals surface area (Å²) in [4.78, 5) is 2.18. The van der Waals surface area contributed by atoms with E-state index < -0.39 is 0 Å². The standard InChI is InChI=1S/C9H14N4O/c1-10-8-2-3-9(12-11-8)13-4-6-14-7-5-13/h2-3H,4-7H2,1H3,(H,10,11). The van der Waals surface area contributed by atoms with Gasteiger partial charge in [-0.1, -0.05) is 0 Å². The molecule has 1 aliphatic heterocycles. The molecule has 1 aromatic heterocycles. The van der Waals surface area contributed by atoms with E-state index in [4.69, 9.17) is 4.74 Å². The number of morpholine rings is 1. The van der Waals surface area contributed by atoms with Crippen molar-refractivity contribution in [3.05, 3.63) is 12.1 Å². The third-order valence-corrected chi connectivity index (χ3v) is 2.24. The van der Waals surface area contributed by atoms with E-state index in [1.54, 1.807) is 0 Å². The fraction of sp³-hybridized carbons (Fsp3) is 0.556. The van der Waals surface area contributed by atoms with Crippen LogP contribution < -0.4 is 10.2 Å². The Balaban J connectivity index is 2.07. The van der Waals surface area contributed by atoms with Crippen LogP contribution >= 0.6 is 0 Å². The summed E-state index contributed by atoms with van der Waals surface area (Å²) < 4.78 is 5.26.